The van der Waals surface area contributed by atoms with Gasteiger partial charge in [0, 0.05) is 12.2 Å². The largest absolute Gasteiger partial charge is 0.320 e. The highest BCUT2D eigenvalue weighted by molar-refractivity contribution is 7.89. The maximum Gasteiger partial charge on any atom is 0.286 e. The molecule has 3 rings (SSSR count). The average molecular weight is 384 g/mol. The molecule has 1 fully saturated rings. The number of carbonyl (C=O) groups is 1. The first kappa shape index (κ1) is 17.9. The summed E-state index contributed by atoms with van der Waals surface area (Å²) >= 11 is 1.06. The lowest BCUT2D eigenvalue weighted by Crippen LogP contribution is -2.31. The van der Waals surface area contributed by atoms with Crippen LogP contribution in [-0.4, -0.2) is 41.1 Å². The lowest BCUT2D eigenvalue weighted by Gasteiger charge is -2.21. The van der Waals surface area contributed by atoms with Gasteiger partial charge in [-0.3, -0.25) is 4.79 Å². The number of benzene rings is 1. The fourth-order valence-electron chi connectivity index (χ4n) is 2.70. The zero-order valence-corrected chi connectivity index (χ0v) is 15.1. The fourth-order valence-corrected chi connectivity index (χ4v) is 4.98. The van der Waals surface area contributed by atoms with Gasteiger partial charge in [-0.1, -0.05) is 17.4 Å². The number of sulfonamides is 1. The molecule has 1 N–H and O–H groups in total. The molecule has 0 spiro atoms. The summed E-state index contributed by atoms with van der Waals surface area (Å²) in [4.78, 5) is 12.2. The predicted molar refractivity (Wildman–Crippen MR) is 92.4 cm³/mol. The number of aromatic nitrogens is 2. The van der Waals surface area contributed by atoms with Crippen molar-refractivity contribution in [1.29, 1.82) is 0 Å². The molecule has 7 nitrogen and oxygen atoms in total. The van der Waals surface area contributed by atoms with Crippen LogP contribution in [0.3, 0.4) is 0 Å². The number of halogens is 1. The number of hydrogen-bond acceptors (Lipinski definition) is 6. The van der Waals surface area contributed by atoms with Crippen LogP contribution in [0.2, 0.25) is 0 Å². The molecule has 1 aromatic heterocycles. The van der Waals surface area contributed by atoms with E-state index in [0.717, 1.165) is 17.8 Å². The van der Waals surface area contributed by atoms with Gasteiger partial charge in [0.15, 0.2) is 0 Å². The molecule has 25 heavy (non-hydrogen) atoms. The van der Waals surface area contributed by atoms with E-state index in [9.17, 15) is 17.6 Å². The Kier molecular flexibility index (Phi) is 5.11. The molecular formula is C15H17FN4O3S2. The first-order chi connectivity index (χ1) is 11.9. The normalized spacial score (nSPS) is 18.4. The Morgan fingerprint density at radius 3 is 2.96 bits per heavy atom. The Labute approximate surface area is 148 Å². The third-order valence-corrected chi connectivity index (χ3v) is 6.83. The first-order valence-electron chi connectivity index (χ1n) is 7.80. The zero-order valence-electron chi connectivity index (χ0n) is 13.5. The van der Waals surface area contributed by atoms with E-state index in [1.807, 2.05) is 0 Å². The van der Waals surface area contributed by atoms with Gasteiger partial charge in [0.2, 0.25) is 15.0 Å². The lowest BCUT2D eigenvalue weighted by molar-refractivity contribution is 0.102. The van der Waals surface area contributed by atoms with Crippen LogP contribution < -0.4 is 5.32 Å². The van der Waals surface area contributed by atoms with E-state index in [1.165, 1.54) is 22.5 Å². The lowest BCUT2D eigenvalue weighted by atomic mass is 10.2. The minimum absolute atomic E-state index is 0.0230. The highest BCUT2D eigenvalue weighted by Crippen LogP contribution is 2.35. The molecule has 2 aromatic rings. The summed E-state index contributed by atoms with van der Waals surface area (Å²) in [6.07, 6.45) is 1.40. The maximum absolute atomic E-state index is 13.2. The van der Waals surface area contributed by atoms with Crippen LogP contribution in [0, 0.1) is 5.82 Å². The summed E-state index contributed by atoms with van der Waals surface area (Å²) in [7, 11) is -3.33. The summed E-state index contributed by atoms with van der Waals surface area (Å²) < 4.78 is 38.9. The molecule has 1 amide bonds. The summed E-state index contributed by atoms with van der Waals surface area (Å²) in [5.41, 5.74) is 0.317. The van der Waals surface area contributed by atoms with Crippen LogP contribution in [0.15, 0.2) is 24.3 Å². The third kappa shape index (κ3) is 3.86. The first-order valence-corrected chi connectivity index (χ1v) is 10.2. The fraction of sp³-hybridized carbons (Fsp3) is 0.400. The van der Waals surface area contributed by atoms with Gasteiger partial charge in [0.1, 0.15) is 10.8 Å². The van der Waals surface area contributed by atoms with Gasteiger partial charge < -0.3 is 5.32 Å². The highest BCUT2D eigenvalue weighted by Gasteiger charge is 2.36. The van der Waals surface area contributed by atoms with Gasteiger partial charge in [-0.15, -0.1) is 10.2 Å². The van der Waals surface area contributed by atoms with E-state index < -0.39 is 21.7 Å². The molecule has 1 atom stereocenters. The molecule has 1 aliphatic rings. The van der Waals surface area contributed by atoms with E-state index in [1.54, 1.807) is 13.0 Å². The van der Waals surface area contributed by atoms with Gasteiger partial charge in [0.05, 0.1) is 11.8 Å². The van der Waals surface area contributed by atoms with E-state index in [-0.39, 0.29) is 16.8 Å². The summed E-state index contributed by atoms with van der Waals surface area (Å²) in [6.45, 7) is 2.05. The smallest absolute Gasteiger partial charge is 0.286 e. The van der Waals surface area contributed by atoms with Gasteiger partial charge in [0.25, 0.3) is 5.91 Å². The van der Waals surface area contributed by atoms with Crippen LogP contribution >= 0.6 is 11.3 Å². The van der Waals surface area contributed by atoms with E-state index >= 15 is 0 Å². The molecular weight excluding hydrogens is 367 g/mol. The van der Waals surface area contributed by atoms with E-state index in [2.05, 4.69) is 15.5 Å². The minimum Gasteiger partial charge on any atom is -0.320 e. The third-order valence-electron chi connectivity index (χ3n) is 3.93. The molecule has 10 heteroatoms. The zero-order chi connectivity index (χ0) is 18.0. The standard InChI is InChI=1S/C15H17FN4O3S2/c1-2-25(22,23)20-8-4-7-12(20)14-18-19-15(24-14)13(21)17-11-6-3-5-10(16)9-11/h3,5-6,9,12H,2,4,7-8H2,1H3,(H,17,21). The maximum atomic E-state index is 13.2. The minimum atomic E-state index is -3.33. The quantitative estimate of drug-likeness (QED) is 0.855. The van der Waals surface area contributed by atoms with Crippen molar-refractivity contribution in [2.45, 2.75) is 25.8 Å². The molecule has 0 radical (unpaired) electrons. The summed E-state index contributed by atoms with van der Waals surface area (Å²) in [5.74, 6) is -0.936. The molecule has 2 heterocycles. The van der Waals surface area contributed by atoms with Crippen molar-refractivity contribution < 1.29 is 17.6 Å². The van der Waals surface area contributed by atoms with Crippen molar-refractivity contribution in [2.75, 3.05) is 17.6 Å². The Morgan fingerprint density at radius 2 is 2.24 bits per heavy atom. The second kappa shape index (κ2) is 7.14. The topological polar surface area (TPSA) is 92.3 Å². The molecule has 134 valence electrons. The van der Waals surface area contributed by atoms with E-state index in [0.29, 0.717) is 23.7 Å². The number of nitrogens with zero attached hydrogens (tertiary/aromatic N) is 3. The number of rotatable bonds is 5. The van der Waals surface area contributed by atoms with Gasteiger partial charge in [-0.2, -0.15) is 4.31 Å². The molecule has 0 aliphatic carbocycles. The molecule has 0 bridgehead atoms. The van der Waals surface area contributed by atoms with Crippen molar-refractivity contribution >= 4 is 33.0 Å². The Bertz CT molecular complexity index is 884. The summed E-state index contributed by atoms with van der Waals surface area (Å²) in [5, 5.41) is 11.0. The monoisotopic (exact) mass is 384 g/mol. The van der Waals surface area contributed by atoms with E-state index in [4.69, 9.17) is 0 Å². The SMILES string of the molecule is CCS(=O)(=O)N1CCCC1c1nnc(C(=O)Nc2cccc(F)c2)s1. The van der Waals surface area contributed by atoms with Crippen molar-refractivity contribution in [3.8, 4) is 0 Å². The number of amides is 1. The van der Waals surface area contributed by atoms with Gasteiger partial charge in [-0.25, -0.2) is 12.8 Å². The van der Waals surface area contributed by atoms with Crippen LogP contribution in [0.1, 0.15) is 40.6 Å². The highest BCUT2D eigenvalue weighted by atomic mass is 32.2. The second-order valence-electron chi connectivity index (χ2n) is 5.58. The van der Waals surface area contributed by atoms with Crippen LogP contribution in [0.25, 0.3) is 0 Å². The van der Waals surface area contributed by atoms with Crippen LogP contribution in [0.5, 0.6) is 0 Å². The molecule has 1 aromatic carbocycles. The van der Waals surface area contributed by atoms with Gasteiger partial charge in [-0.05, 0) is 38.0 Å². The van der Waals surface area contributed by atoms with Crippen molar-refractivity contribution in [2.24, 2.45) is 0 Å². The summed E-state index contributed by atoms with van der Waals surface area (Å²) in [6, 6.07) is 5.16. The molecule has 0 saturated carbocycles. The van der Waals surface area contributed by atoms with Crippen molar-refractivity contribution in [3.05, 3.63) is 40.1 Å². The van der Waals surface area contributed by atoms with Crippen molar-refractivity contribution in [1.82, 2.24) is 14.5 Å². The number of anilines is 1. The average Bonchev–Trinajstić information content (AvgIpc) is 3.24. The Balaban J connectivity index is 1.77. The van der Waals surface area contributed by atoms with Gasteiger partial charge >= 0.3 is 0 Å². The molecule has 1 aliphatic heterocycles. The van der Waals surface area contributed by atoms with Crippen molar-refractivity contribution in [3.63, 3.8) is 0 Å². The Morgan fingerprint density at radius 1 is 1.44 bits per heavy atom. The Hall–Kier alpha value is -1.91. The molecule has 1 saturated heterocycles. The number of nitrogens with one attached hydrogen (secondary N) is 1. The molecule has 1 unspecified atom stereocenters. The van der Waals surface area contributed by atoms with Crippen LogP contribution in [-0.2, 0) is 10.0 Å². The number of carbonyl (C=O) groups excluding carboxylic acids is 1. The van der Waals surface area contributed by atoms with Crippen LogP contribution in [0.4, 0.5) is 10.1 Å². The predicted octanol–water partition coefficient (Wildman–Crippen LogP) is 2.42. The number of hydrogen-bond donors (Lipinski definition) is 1. The second-order valence-corrected chi connectivity index (χ2v) is 8.80.